The number of sulfonamides is 1. The molecule has 3 aromatic carbocycles. The average Bonchev–Trinajstić information content (AvgIpc) is 3.27. The van der Waals surface area contributed by atoms with Crippen molar-refractivity contribution in [1.29, 1.82) is 0 Å². The van der Waals surface area contributed by atoms with Crippen LogP contribution in [-0.2, 0) is 16.6 Å². The first-order valence-corrected chi connectivity index (χ1v) is 12.1. The smallest absolute Gasteiger partial charge is 0.271 e. The van der Waals surface area contributed by atoms with Crippen LogP contribution in [0.5, 0.6) is 0 Å². The number of benzene rings is 3. The van der Waals surface area contributed by atoms with Gasteiger partial charge in [0.2, 0.25) is 10.0 Å². The highest BCUT2D eigenvalue weighted by molar-refractivity contribution is 7.89. The molecule has 0 unspecified atom stereocenters. The third kappa shape index (κ3) is 5.08. The summed E-state index contributed by atoms with van der Waals surface area (Å²) in [7, 11) is -2.07. The Morgan fingerprint density at radius 2 is 1.68 bits per heavy atom. The lowest BCUT2D eigenvalue weighted by molar-refractivity contribution is 0.0954. The highest BCUT2D eigenvalue weighted by atomic mass is 32.2. The van der Waals surface area contributed by atoms with Crippen molar-refractivity contribution in [2.24, 2.45) is 5.10 Å². The van der Waals surface area contributed by atoms with Gasteiger partial charge < -0.3 is 4.42 Å². The average molecular weight is 476 g/mol. The van der Waals surface area contributed by atoms with Gasteiger partial charge in [-0.2, -0.15) is 9.41 Å². The van der Waals surface area contributed by atoms with Crippen molar-refractivity contribution >= 4 is 32.6 Å². The molecule has 1 N–H and O–H groups in total. The molecule has 1 amide bonds. The van der Waals surface area contributed by atoms with Gasteiger partial charge in [-0.15, -0.1) is 0 Å². The van der Waals surface area contributed by atoms with Crippen LogP contribution in [0.15, 0.2) is 93.3 Å². The van der Waals surface area contributed by atoms with Crippen LogP contribution in [0.4, 0.5) is 0 Å². The molecule has 0 atom stereocenters. The van der Waals surface area contributed by atoms with Crippen LogP contribution in [0.2, 0.25) is 0 Å². The molecule has 0 aliphatic rings. The topological polar surface area (TPSA) is 92.0 Å². The monoisotopic (exact) mass is 475 g/mol. The molecule has 8 heteroatoms. The Labute approximate surface area is 198 Å². The number of fused-ring (bicyclic) bond motifs is 1. The van der Waals surface area contributed by atoms with Gasteiger partial charge in [0, 0.05) is 24.5 Å². The van der Waals surface area contributed by atoms with E-state index in [0.717, 1.165) is 22.1 Å². The Kier molecular flexibility index (Phi) is 6.63. The lowest BCUT2D eigenvalue weighted by atomic mass is 10.1. The summed E-state index contributed by atoms with van der Waals surface area (Å²) in [5, 5.41) is 5.11. The van der Waals surface area contributed by atoms with Gasteiger partial charge in [0.05, 0.1) is 4.90 Å². The molecule has 0 saturated heterocycles. The molecule has 4 aromatic rings. The summed E-state index contributed by atoms with van der Waals surface area (Å²) >= 11 is 0. The molecule has 0 spiro atoms. The van der Waals surface area contributed by atoms with Gasteiger partial charge in [-0.3, -0.25) is 4.79 Å². The predicted octanol–water partition coefficient (Wildman–Crippen LogP) is 4.72. The second kappa shape index (κ2) is 9.62. The van der Waals surface area contributed by atoms with Gasteiger partial charge in [0.1, 0.15) is 11.3 Å². The van der Waals surface area contributed by atoms with Crippen molar-refractivity contribution in [2.75, 3.05) is 7.05 Å². The highest BCUT2D eigenvalue weighted by Gasteiger charge is 2.20. The first-order chi connectivity index (χ1) is 16.2. The molecular weight excluding hydrogens is 450 g/mol. The number of furan rings is 1. The van der Waals surface area contributed by atoms with E-state index in [2.05, 4.69) is 10.5 Å². The fourth-order valence-electron chi connectivity index (χ4n) is 3.41. The number of aryl methyl sites for hydroxylation is 1. The third-order valence-electron chi connectivity index (χ3n) is 5.46. The molecule has 7 nitrogen and oxygen atoms in total. The van der Waals surface area contributed by atoms with Crippen molar-refractivity contribution in [3.63, 3.8) is 0 Å². The minimum Gasteiger partial charge on any atom is -0.455 e. The minimum atomic E-state index is -3.61. The number of nitrogens with one attached hydrogen (secondary N) is 1. The second-order valence-electron chi connectivity index (χ2n) is 8.06. The molecule has 0 fully saturated rings. The molecule has 0 bridgehead atoms. The number of hydrogen-bond donors (Lipinski definition) is 1. The molecule has 0 radical (unpaired) electrons. The van der Waals surface area contributed by atoms with E-state index < -0.39 is 10.0 Å². The van der Waals surface area contributed by atoms with Gasteiger partial charge in [-0.05, 0) is 55.8 Å². The number of amides is 1. The molecule has 0 aliphatic carbocycles. The van der Waals surface area contributed by atoms with Gasteiger partial charge in [0.25, 0.3) is 5.91 Å². The number of carbonyl (C=O) groups excluding carboxylic acids is 1. The maximum atomic E-state index is 12.8. The molecule has 174 valence electrons. The summed E-state index contributed by atoms with van der Waals surface area (Å²) in [6.45, 7) is 3.84. The largest absolute Gasteiger partial charge is 0.455 e. The lowest BCUT2D eigenvalue weighted by Crippen LogP contribution is -2.26. The van der Waals surface area contributed by atoms with E-state index in [4.69, 9.17) is 4.42 Å². The highest BCUT2D eigenvalue weighted by Crippen LogP contribution is 2.20. The standard InChI is InChI=1S/C26H25N3O4S/c1-18-8-14-23(15-9-18)34(31,32)29(3)17-20-10-12-21(13-11-20)26(30)28-27-19(2)25-16-22-6-4-5-7-24(22)33-25/h4-16H,17H2,1-3H3,(H,28,30). The molecule has 34 heavy (non-hydrogen) atoms. The third-order valence-corrected chi connectivity index (χ3v) is 7.28. The molecule has 0 aliphatic heterocycles. The number of hydrogen-bond acceptors (Lipinski definition) is 5. The van der Waals surface area contributed by atoms with Crippen molar-refractivity contribution < 1.29 is 17.6 Å². The first kappa shape index (κ1) is 23.4. The number of carbonyl (C=O) groups is 1. The van der Waals surface area contributed by atoms with Crippen LogP contribution in [0.3, 0.4) is 0 Å². The van der Waals surface area contributed by atoms with E-state index in [-0.39, 0.29) is 17.3 Å². The normalized spacial score (nSPS) is 12.3. The number of rotatable bonds is 7. The van der Waals surface area contributed by atoms with Crippen molar-refractivity contribution in [2.45, 2.75) is 25.3 Å². The van der Waals surface area contributed by atoms with E-state index in [1.165, 1.54) is 11.4 Å². The Bertz CT molecular complexity index is 1420. The Morgan fingerprint density at radius 1 is 1.00 bits per heavy atom. The molecule has 4 rings (SSSR count). The lowest BCUT2D eigenvalue weighted by Gasteiger charge is -2.17. The van der Waals surface area contributed by atoms with E-state index in [0.29, 0.717) is 17.0 Å². The van der Waals surface area contributed by atoms with Crippen LogP contribution in [0, 0.1) is 6.92 Å². The second-order valence-corrected chi connectivity index (χ2v) is 10.1. The van der Waals surface area contributed by atoms with E-state index in [1.807, 2.05) is 37.3 Å². The van der Waals surface area contributed by atoms with Crippen LogP contribution in [0.1, 0.15) is 34.2 Å². The molecular formula is C26H25N3O4S. The summed E-state index contributed by atoms with van der Waals surface area (Å²) in [5.41, 5.74) is 6.00. The van der Waals surface area contributed by atoms with Gasteiger partial charge in [-0.25, -0.2) is 13.8 Å². The van der Waals surface area contributed by atoms with Crippen LogP contribution < -0.4 is 5.43 Å². The Morgan fingerprint density at radius 3 is 2.35 bits per heavy atom. The molecule has 1 aromatic heterocycles. The van der Waals surface area contributed by atoms with Gasteiger partial charge >= 0.3 is 0 Å². The zero-order chi connectivity index (χ0) is 24.3. The van der Waals surface area contributed by atoms with Crippen LogP contribution in [0.25, 0.3) is 11.0 Å². The fraction of sp³-hybridized carbons (Fsp3) is 0.154. The number of para-hydroxylation sites is 1. The molecule has 1 heterocycles. The first-order valence-electron chi connectivity index (χ1n) is 10.7. The molecule has 0 saturated carbocycles. The zero-order valence-corrected chi connectivity index (χ0v) is 20.0. The van der Waals surface area contributed by atoms with Crippen molar-refractivity contribution in [1.82, 2.24) is 9.73 Å². The van der Waals surface area contributed by atoms with Crippen LogP contribution in [-0.4, -0.2) is 31.4 Å². The summed E-state index contributed by atoms with van der Waals surface area (Å²) in [4.78, 5) is 12.7. The predicted molar refractivity (Wildman–Crippen MR) is 132 cm³/mol. The van der Waals surface area contributed by atoms with Crippen molar-refractivity contribution in [3.8, 4) is 0 Å². The summed E-state index contributed by atoms with van der Waals surface area (Å²) < 4.78 is 32.6. The zero-order valence-electron chi connectivity index (χ0n) is 19.1. The Balaban J connectivity index is 1.40. The van der Waals surface area contributed by atoms with E-state index in [9.17, 15) is 13.2 Å². The quantitative estimate of drug-likeness (QED) is 0.309. The summed E-state index contributed by atoms with van der Waals surface area (Å²) in [5.74, 6) is 0.206. The minimum absolute atomic E-state index is 0.182. The number of nitrogens with zero attached hydrogens (tertiary/aromatic N) is 2. The fourth-order valence-corrected chi connectivity index (χ4v) is 4.57. The maximum Gasteiger partial charge on any atom is 0.271 e. The van der Waals surface area contributed by atoms with E-state index in [1.54, 1.807) is 55.5 Å². The summed E-state index contributed by atoms with van der Waals surface area (Å²) in [6.07, 6.45) is 0. The van der Waals surface area contributed by atoms with E-state index >= 15 is 0 Å². The van der Waals surface area contributed by atoms with Crippen molar-refractivity contribution in [3.05, 3.63) is 101 Å². The van der Waals surface area contributed by atoms with Gasteiger partial charge in [-0.1, -0.05) is 48.0 Å². The number of hydrazone groups is 1. The van der Waals surface area contributed by atoms with Gasteiger partial charge in [0.15, 0.2) is 5.76 Å². The maximum absolute atomic E-state index is 12.8. The van der Waals surface area contributed by atoms with Crippen LogP contribution >= 0.6 is 0 Å². The summed E-state index contributed by atoms with van der Waals surface area (Å²) in [6, 6.07) is 23.0. The Hall–Kier alpha value is -3.75. The SMILES string of the molecule is CC(=NNC(=O)c1ccc(CN(C)S(=O)(=O)c2ccc(C)cc2)cc1)c1cc2ccccc2o1.